The second kappa shape index (κ2) is 8.79. The lowest BCUT2D eigenvalue weighted by Crippen LogP contribution is -2.24. The smallest absolute Gasteiger partial charge is 0.191 e. The summed E-state index contributed by atoms with van der Waals surface area (Å²) in [6, 6.07) is 16.1. The third-order valence-corrected chi connectivity index (χ3v) is 4.40. The number of thiocarbonyl (C=S) groups is 1. The molecular weight excluding hydrogens is 383 g/mol. The third-order valence-electron chi connectivity index (χ3n) is 3.90. The van der Waals surface area contributed by atoms with Gasteiger partial charge in [-0.25, -0.2) is 4.39 Å². The SMILES string of the molecule is Cc1ccc(NC(=S)NN=Cc2cccn2Cc2ccccc2F)c(Cl)c1. The summed E-state index contributed by atoms with van der Waals surface area (Å²) in [6.45, 7) is 2.38. The summed E-state index contributed by atoms with van der Waals surface area (Å²) in [5, 5.41) is 8.05. The van der Waals surface area contributed by atoms with Crippen LogP contribution in [-0.2, 0) is 6.54 Å². The molecule has 0 aliphatic carbocycles. The Morgan fingerprint density at radius 3 is 2.81 bits per heavy atom. The molecule has 0 radical (unpaired) electrons. The van der Waals surface area contributed by atoms with E-state index >= 15 is 0 Å². The maximum absolute atomic E-state index is 13.8. The van der Waals surface area contributed by atoms with E-state index in [1.54, 1.807) is 18.3 Å². The van der Waals surface area contributed by atoms with E-state index in [0.29, 0.717) is 27.9 Å². The van der Waals surface area contributed by atoms with Crippen molar-refractivity contribution in [2.75, 3.05) is 5.32 Å². The highest BCUT2D eigenvalue weighted by atomic mass is 35.5. The van der Waals surface area contributed by atoms with Gasteiger partial charge in [0.15, 0.2) is 5.11 Å². The molecule has 0 unspecified atom stereocenters. The highest BCUT2D eigenvalue weighted by molar-refractivity contribution is 7.80. The maximum Gasteiger partial charge on any atom is 0.191 e. The van der Waals surface area contributed by atoms with Crippen molar-refractivity contribution in [3.8, 4) is 0 Å². The molecule has 3 rings (SSSR count). The third kappa shape index (κ3) is 5.15. The summed E-state index contributed by atoms with van der Waals surface area (Å²) in [6.07, 6.45) is 3.50. The standard InChI is InChI=1S/C20H18ClFN4S/c1-14-8-9-19(17(21)11-14)24-20(27)25-23-12-16-6-4-10-26(16)13-15-5-2-3-7-18(15)22/h2-12H,13H2,1H3,(H2,24,25,27). The van der Waals surface area contributed by atoms with E-state index in [1.807, 2.05) is 54.1 Å². The normalized spacial score (nSPS) is 10.9. The Labute approximate surface area is 167 Å². The van der Waals surface area contributed by atoms with E-state index < -0.39 is 0 Å². The van der Waals surface area contributed by atoms with Crippen molar-refractivity contribution < 1.29 is 4.39 Å². The molecule has 27 heavy (non-hydrogen) atoms. The van der Waals surface area contributed by atoms with Gasteiger partial charge in [-0.05, 0) is 55.0 Å². The lowest BCUT2D eigenvalue weighted by molar-refractivity contribution is 0.599. The fraction of sp³-hybridized carbons (Fsp3) is 0.100. The Kier molecular flexibility index (Phi) is 6.21. The molecule has 0 bridgehead atoms. The van der Waals surface area contributed by atoms with Crippen molar-refractivity contribution in [3.63, 3.8) is 0 Å². The molecule has 0 spiro atoms. The Bertz CT molecular complexity index is 984. The number of aromatic nitrogens is 1. The zero-order valence-corrected chi connectivity index (χ0v) is 16.2. The van der Waals surface area contributed by atoms with E-state index in [-0.39, 0.29) is 5.82 Å². The van der Waals surface area contributed by atoms with Crippen LogP contribution in [0.4, 0.5) is 10.1 Å². The zero-order chi connectivity index (χ0) is 19.2. The zero-order valence-electron chi connectivity index (χ0n) is 14.6. The molecule has 0 aliphatic heterocycles. The number of nitrogens with one attached hydrogen (secondary N) is 2. The van der Waals surface area contributed by atoms with Crippen molar-refractivity contribution in [2.45, 2.75) is 13.5 Å². The van der Waals surface area contributed by atoms with Gasteiger partial charge in [0, 0.05) is 11.8 Å². The van der Waals surface area contributed by atoms with Crippen LogP contribution in [0.25, 0.3) is 0 Å². The highest BCUT2D eigenvalue weighted by Gasteiger charge is 2.05. The van der Waals surface area contributed by atoms with Crippen LogP contribution in [0.1, 0.15) is 16.8 Å². The van der Waals surface area contributed by atoms with Gasteiger partial charge in [0.05, 0.1) is 29.2 Å². The molecule has 1 aromatic heterocycles. The highest BCUT2D eigenvalue weighted by Crippen LogP contribution is 2.22. The van der Waals surface area contributed by atoms with Crippen LogP contribution in [0.15, 0.2) is 65.9 Å². The van der Waals surface area contributed by atoms with Crippen LogP contribution in [0, 0.1) is 12.7 Å². The number of rotatable bonds is 5. The van der Waals surface area contributed by atoms with Crippen LogP contribution >= 0.6 is 23.8 Å². The monoisotopic (exact) mass is 400 g/mol. The molecule has 138 valence electrons. The van der Waals surface area contributed by atoms with Crippen LogP contribution in [0.5, 0.6) is 0 Å². The molecule has 3 aromatic rings. The summed E-state index contributed by atoms with van der Waals surface area (Å²) < 4.78 is 15.7. The molecule has 0 atom stereocenters. The molecule has 0 saturated heterocycles. The van der Waals surface area contributed by atoms with Gasteiger partial charge in [-0.15, -0.1) is 0 Å². The van der Waals surface area contributed by atoms with Crippen molar-refractivity contribution in [1.82, 2.24) is 9.99 Å². The van der Waals surface area contributed by atoms with E-state index in [9.17, 15) is 4.39 Å². The number of halogens is 2. The van der Waals surface area contributed by atoms with Gasteiger partial charge in [0.2, 0.25) is 0 Å². The summed E-state index contributed by atoms with van der Waals surface area (Å²) in [5.74, 6) is -0.229. The predicted octanol–water partition coefficient (Wildman–Crippen LogP) is 4.96. The molecule has 2 N–H and O–H groups in total. The molecule has 4 nitrogen and oxygen atoms in total. The van der Waals surface area contributed by atoms with Crippen LogP contribution < -0.4 is 10.7 Å². The number of aryl methyl sites for hydroxylation is 1. The summed E-state index contributed by atoms with van der Waals surface area (Å²) in [4.78, 5) is 0. The van der Waals surface area contributed by atoms with Crippen molar-refractivity contribution in [2.24, 2.45) is 5.10 Å². The van der Waals surface area contributed by atoms with Gasteiger partial charge in [-0.2, -0.15) is 5.10 Å². The Balaban J connectivity index is 1.61. The first-order valence-electron chi connectivity index (χ1n) is 8.27. The van der Waals surface area contributed by atoms with Gasteiger partial charge in [-0.3, -0.25) is 5.43 Å². The van der Waals surface area contributed by atoms with E-state index in [1.165, 1.54) is 6.07 Å². The van der Waals surface area contributed by atoms with Gasteiger partial charge >= 0.3 is 0 Å². The first kappa shape index (κ1) is 19.1. The first-order chi connectivity index (χ1) is 13.0. The summed E-state index contributed by atoms with van der Waals surface area (Å²) in [5.41, 5.74) is 5.97. The lowest BCUT2D eigenvalue weighted by atomic mass is 10.2. The molecule has 2 aromatic carbocycles. The van der Waals surface area contributed by atoms with Gasteiger partial charge < -0.3 is 9.88 Å². The van der Waals surface area contributed by atoms with Crippen molar-refractivity contribution >= 4 is 40.8 Å². The van der Waals surface area contributed by atoms with Crippen LogP contribution in [0.2, 0.25) is 5.02 Å². The number of hydrogen-bond acceptors (Lipinski definition) is 2. The average molecular weight is 401 g/mol. The number of anilines is 1. The number of benzene rings is 2. The number of hydrazone groups is 1. The van der Waals surface area contributed by atoms with E-state index in [4.69, 9.17) is 23.8 Å². The predicted molar refractivity (Wildman–Crippen MR) is 113 cm³/mol. The van der Waals surface area contributed by atoms with E-state index in [0.717, 1.165) is 11.3 Å². The molecule has 7 heteroatoms. The van der Waals surface area contributed by atoms with Gasteiger partial charge in [0.25, 0.3) is 0 Å². The number of nitrogens with zero attached hydrogens (tertiary/aromatic N) is 2. The largest absolute Gasteiger partial charge is 0.342 e. The van der Waals surface area contributed by atoms with E-state index in [2.05, 4.69) is 15.8 Å². The fourth-order valence-corrected chi connectivity index (χ4v) is 2.97. The fourth-order valence-electron chi connectivity index (χ4n) is 2.53. The lowest BCUT2D eigenvalue weighted by Gasteiger charge is -2.10. The summed E-state index contributed by atoms with van der Waals surface area (Å²) >= 11 is 11.4. The quantitative estimate of drug-likeness (QED) is 0.361. The Hall–Kier alpha value is -2.70. The summed E-state index contributed by atoms with van der Waals surface area (Å²) in [7, 11) is 0. The van der Waals surface area contributed by atoms with Crippen molar-refractivity contribution in [1.29, 1.82) is 0 Å². The van der Waals surface area contributed by atoms with Crippen LogP contribution in [0.3, 0.4) is 0 Å². The molecule has 1 heterocycles. The molecular formula is C20H18ClFN4S. The minimum atomic E-state index is -0.229. The molecule has 0 amide bonds. The first-order valence-corrected chi connectivity index (χ1v) is 9.06. The number of hydrogen-bond donors (Lipinski definition) is 2. The Morgan fingerprint density at radius 2 is 2.04 bits per heavy atom. The second-order valence-electron chi connectivity index (χ2n) is 5.96. The van der Waals surface area contributed by atoms with Crippen LogP contribution in [-0.4, -0.2) is 15.9 Å². The molecule has 0 fully saturated rings. The second-order valence-corrected chi connectivity index (χ2v) is 6.78. The minimum absolute atomic E-state index is 0.229. The minimum Gasteiger partial charge on any atom is -0.342 e. The average Bonchev–Trinajstić information content (AvgIpc) is 3.06. The van der Waals surface area contributed by atoms with Gasteiger partial charge in [0.1, 0.15) is 5.82 Å². The topological polar surface area (TPSA) is 41.4 Å². The molecule has 0 saturated carbocycles. The van der Waals surface area contributed by atoms with Crippen molar-refractivity contribution in [3.05, 3.63) is 88.5 Å². The van der Waals surface area contributed by atoms with Gasteiger partial charge in [-0.1, -0.05) is 35.9 Å². The molecule has 0 aliphatic rings. The Morgan fingerprint density at radius 1 is 1.22 bits per heavy atom. The maximum atomic E-state index is 13.8.